The number of benzene rings is 5. The molecule has 0 saturated carbocycles. The Balaban J connectivity index is 0.000000231. The number of hydrogen-bond acceptors (Lipinski definition) is 0. The molecule has 0 saturated heterocycles. The van der Waals surface area contributed by atoms with Crippen molar-refractivity contribution in [2.45, 2.75) is 183 Å². The van der Waals surface area contributed by atoms with Crippen LogP contribution in [0.4, 0.5) is 0 Å². The summed E-state index contributed by atoms with van der Waals surface area (Å²) in [5.74, 6) is -4.02. The molecule has 0 aliphatic rings. The molecule has 0 bridgehead atoms. The van der Waals surface area contributed by atoms with Crippen LogP contribution in [-0.2, 0) is 41.7 Å². The fourth-order valence-corrected chi connectivity index (χ4v) is 11.9. The zero-order valence-corrected chi connectivity index (χ0v) is 57.9. The molecule has 0 amide bonds. The number of aryl methyl sites for hydroxylation is 21. The van der Waals surface area contributed by atoms with E-state index in [0.717, 1.165) is 117 Å². The van der Waals surface area contributed by atoms with Crippen molar-refractivity contribution in [2.24, 2.45) is 35.2 Å². The highest BCUT2D eigenvalue weighted by molar-refractivity contribution is 5.68. The van der Waals surface area contributed by atoms with E-state index in [1.807, 2.05) is 161 Å². The molecule has 5 nitrogen and oxygen atoms in total. The van der Waals surface area contributed by atoms with E-state index in [4.69, 9.17) is 37.0 Å². The van der Waals surface area contributed by atoms with E-state index in [0.29, 0.717) is 27.8 Å². The normalized spacial score (nSPS) is 17.8. The molecule has 10 aromatic rings. The molecular weight excluding hydrogens is 1110 g/mol. The number of pyridine rings is 5. The average Bonchev–Trinajstić information content (AvgIpc) is 0.763. The van der Waals surface area contributed by atoms with Gasteiger partial charge >= 0.3 is 0 Å². The molecule has 0 aliphatic heterocycles. The van der Waals surface area contributed by atoms with E-state index < -0.39 is 72.5 Å². The van der Waals surface area contributed by atoms with Crippen molar-refractivity contribution in [2.75, 3.05) is 0 Å². The van der Waals surface area contributed by atoms with E-state index in [1.54, 1.807) is 115 Å². The second-order valence-corrected chi connectivity index (χ2v) is 24.8. The van der Waals surface area contributed by atoms with E-state index in [2.05, 4.69) is 24.5 Å². The van der Waals surface area contributed by atoms with Crippen LogP contribution in [0.15, 0.2) is 152 Å². The van der Waals surface area contributed by atoms with Gasteiger partial charge in [-0.1, -0.05) is 120 Å². The molecule has 0 spiro atoms. The van der Waals surface area contributed by atoms with Crippen LogP contribution in [0.2, 0.25) is 0 Å². The first-order valence-electron chi connectivity index (χ1n) is 44.4. The van der Waals surface area contributed by atoms with Crippen LogP contribution < -0.4 is 22.8 Å². The van der Waals surface area contributed by atoms with Crippen molar-refractivity contribution < 1.29 is 59.8 Å². The second-order valence-electron chi connectivity index (χ2n) is 24.8. The van der Waals surface area contributed by atoms with Gasteiger partial charge in [-0.25, -0.2) is 22.8 Å². The summed E-state index contributed by atoms with van der Waals surface area (Å²) >= 11 is 0. The maximum Gasteiger partial charge on any atom is 0.215 e. The lowest BCUT2D eigenvalue weighted by molar-refractivity contribution is -0.661. The highest BCUT2D eigenvalue weighted by Crippen LogP contribution is 2.31. The molecule has 2 atom stereocenters. The Morgan fingerprint density at radius 2 is 0.739 bits per heavy atom. The van der Waals surface area contributed by atoms with Crippen LogP contribution in [0, 0.1) is 110 Å². The number of rotatable bonds is 9. The largest absolute Gasteiger partial charge is 0.215 e. The van der Waals surface area contributed by atoms with Crippen molar-refractivity contribution in [1.29, 1.82) is 0 Å². The molecule has 0 N–H and O–H groups in total. The Hall–Kier alpha value is -8.15. The molecule has 5 heteroatoms. The lowest BCUT2D eigenvalue weighted by Gasteiger charge is -2.13. The first-order valence-corrected chi connectivity index (χ1v) is 30.9. The van der Waals surface area contributed by atoms with Gasteiger partial charge in [-0.05, 0) is 239 Å². The quantitative estimate of drug-likeness (QED) is 0.128. The van der Waals surface area contributed by atoms with Gasteiger partial charge in [0.05, 0.1) is 0 Å². The summed E-state index contributed by atoms with van der Waals surface area (Å²) in [7, 11) is 9.30. The fraction of sp³-hybridized carbons (Fsp3) is 0.368. The average molecular weight is 1260 g/mol. The highest BCUT2D eigenvalue weighted by Gasteiger charge is 2.22. The minimum absolute atomic E-state index is 0.0389. The summed E-state index contributed by atoms with van der Waals surface area (Å²) < 4.78 is 215. The standard InChI is InChI=1S/C20H28N.C18H24N.C17H22N.2C16H20N/c1-13(2)17-8-9-18(15(5)10-17)20-11-16(6)19(14(3)4)12-21(20)7;1-12(2)16-7-8-17(14(4)10-16)18-15(5)9-13(3)11-19(18)6;1-6-15-7-8-16(13(3)10-15)17-14(4)9-12(2)11-18(17)5;1-11-6-7-15(13(3)8-11)16-14(4)9-12(2)10-17(16)5;1-11-6-7-15(13(3)10-11)16-14(4)12(2)8-9-17(16)5/h8-14H,1-7H3;7-12H,1-6H3;7-11H,6H2,1-5H3;2*6-10H,1-5H3/q5*+1/i3D3,13D,14D;1D3,3D3,12D;2*1D3,2D3;1D3. The molecule has 92 heavy (non-hydrogen) atoms. The van der Waals surface area contributed by atoms with Crippen LogP contribution in [0.1, 0.15) is 214 Å². The SMILES string of the molecule is [2H]C(C)(C)c1ccc(-c2cc(C)c(C([2H])(C)C([2H])([2H])[2H])c[n+]2C)c(C)c1.[2H]C([2H])([2H])Cc1ccc(-c2c(C)cc(C([2H])([2H])[2H])c[n+]2C)c(C)c1.[2H]C([2H])([2H])c1cc(C)c(-c2ccc(C([2H])(C)C([2H])([2H])[2H])cc2C)[n+](C)c1.[2H]C([2H])([2H])c1ccc(-c2c(C)c(C)cc[n+]2C)c(C)c1.[2H]C([2H])([2H])c1ccc(-c2c(C)cc(C([2H])([2H])[2H])c[n+]2C)c(C)c1. The van der Waals surface area contributed by atoms with E-state index >= 15 is 0 Å². The van der Waals surface area contributed by atoms with E-state index in [9.17, 15) is 0 Å². The van der Waals surface area contributed by atoms with Gasteiger partial charge in [0.1, 0.15) is 35.2 Å². The van der Waals surface area contributed by atoms with Gasteiger partial charge in [0.15, 0.2) is 31.0 Å². The zero-order valence-electron chi connectivity index (χ0n) is 84.9. The monoisotopic (exact) mass is 1260 g/mol. The molecule has 10 rings (SSSR count). The van der Waals surface area contributed by atoms with Gasteiger partial charge in [-0.2, -0.15) is 0 Å². The van der Waals surface area contributed by atoms with Gasteiger partial charge in [0.25, 0.3) is 0 Å². The van der Waals surface area contributed by atoms with Crippen molar-refractivity contribution in [3.05, 3.63) is 264 Å². The molecule has 0 radical (unpaired) electrons. The third kappa shape index (κ3) is 18.1. The first kappa shape index (κ1) is 42.9. The highest BCUT2D eigenvalue weighted by atomic mass is 14.9. The Morgan fingerprint density at radius 1 is 0.337 bits per heavy atom. The number of hydrogen-bond donors (Lipinski definition) is 0. The summed E-state index contributed by atoms with van der Waals surface area (Å²) in [5.41, 5.74) is 24.4. The molecule has 2 unspecified atom stereocenters. The van der Waals surface area contributed by atoms with Gasteiger partial charge in [-0.3, -0.25) is 0 Å². The van der Waals surface area contributed by atoms with Crippen LogP contribution in [-0.4, -0.2) is 0 Å². The Kier molecular flexibility index (Phi) is 14.9. The minimum atomic E-state index is -2.43. The minimum Gasteiger partial charge on any atom is -0.201 e. The van der Waals surface area contributed by atoms with Gasteiger partial charge in [-0.15, -0.1) is 0 Å². The molecule has 5 aromatic carbocycles. The summed E-state index contributed by atoms with van der Waals surface area (Å²) in [4.78, 5) is 0. The summed E-state index contributed by atoms with van der Waals surface area (Å²) in [5, 5.41) is 0. The van der Waals surface area contributed by atoms with Gasteiger partial charge < -0.3 is 0 Å². The van der Waals surface area contributed by atoms with Crippen LogP contribution in [0.3, 0.4) is 0 Å². The Labute approximate surface area is 596 Å². The Bertz CT molecular complexity index is 5280. The van der Waals surface area contributed by atoms with Crippen LogP contribution >= 0.6 is 0 Å². The van der Waals surface area contributed by atoms with Crippen LogP contribution in [0.25, 0.3) is 56.3 Å². The molecule has 482 valence electrons. The second kappa shape index (κ2) is 31.9. The zero-order chi connectivity index (χ0) is 91.1. The topological polar surface area (TPSA) is 19.4 Å². The van der Waals surface area contributed by atoms with Crippen molar-refractivity contribution in [3.8, 4) is 56.3 Å². The predicted octanol–water partition coefficient (Wildman–Crippen LogP) is 19.8. The predicted molar refractivity (Wildman–Crippen MR) is 393 cm³/mol. The third-order valence-electron chi connectivity index (χ3n) is 16.7. The van der Waals surface area contributed by atoms with E-state index in [-0.39, 0.29) is 17.5 Å². The maximum atomic E-state index is 8.37. The van der Waals surface area contributed by atoms with Crippen LogP contribution in [0.5, 0.6) is 0 Å². The lowest BCUT2D eigenvalue weighted by atomic mass is 9.94. The smallest absolute Gasteiger partial charge is 0.201 e. The molecule has 0 aliphatic carbocycles. The van der Waals surface area contributed by atoms with Crippen molar-refractivity contribution in [1.82, 2.24) is 0 Å². The number of nitrogens with zero attached hydrogens (tertiary/aromatic N) is 5. The lowest BCUT2D eigenvalue weighted by Crippen LogP contribution is -2.32. The fourth-order valence-electron chi connectivity index (χ4n) is 11.9. The molecule has 0 fully saturated rings. The third-order valence-corrected chi connectivity index (χ3v) is 16.7. The first-order chi connectivity index (χ1) is 53.8. The van der Waals surface area contributed by atoms with Gasteiger partial charge in [0.2, 0.25) is 28.5 Å². The van der Waals surface area contributed by atoms with Crippen molar-refractivity contribution >= 4 is 0 Å². The number of aromatic nitrogens is 5. The Morgan fingerprint density at radius 3 is 1.14 bits per heavy atom. The summed E-state index contributed by atoms with van der Waals surface area (Å²) in [6.45, 7) is 10.4. The molecular formula is C87H114N5+5. The molecule has 5 heterocycles. The summed E-state index contributed by atoms with van der Waals surface area (Å²) in [6.07, 6.45) is 8.66. The van der Waals surface area contributed by atoms with E-state index in [1.165, 1.54) is 25.0 Å². The van der Waals surface area contributed by atoms with Crippen molar-refractivity contribution in [3.63, 3.8) is 0 Å². The molecule has 5 aromatic heterocycles. The summed E-state index contributed by atoms with van der Waals surface area (Å²) in [6, 6.07) is 36.3. The van der Waals surface area contributed by atoms with Gasteiger partial charge in [0, 0.05) is 121 Å². The maximum absolute atomic E-state index is 8.37.